The molecule has 4 nitrogen and oxygen atoms in total. The number of aromatic nitrogens is 1. The van der Waals surface area contributed by atoms with Gasteiger partial charge in [-0.05, 0) is 25.0 Å². The molecule has 0 amide bonds. The van der Waals surface area contributed by atoms with Gasteiger partial charge < -0.3 is 15.7 Å². The highest BCUT2D eigenvalue weighted by Gasteiger charge is 2.18. The molecule has 1 aromatic rings. The van der Waals surface area contributed by atoms with Crippen molar-refractivity contribution < 1.29 is 5.11 Å². The summed E-state index contributed by atoms with van der Waals surface area (Å²) in [5.74, 6) is 0.933. The molecule has 1 aromatic heterocycles. The van der Waals surface area contributed by atoms with Gasteiger partial charge in [0.05, 0.1) is 0 Å². The van der Waals surface area contributed by atoms with Crippen LogP contribution in [0.3, 0.4) is 0 Å². The van der Waals surface area contributed by atoms with E-state index in [-0.39, 0.29) is 5.75 Å². The summed E-state index contributed by atoms with van der Waals surface area (Å²) < 4.78 is 0. The Morgan fingerprint density at radius 1 is 1.43 bits per heavy atom. The third kappa shape index (κ3) is 1.80. The molecule has 0 aliphatic carbocycles. The maximum Gasteiger partial charge on any atom is 0.171 e. The third-order valence-corrected chi connectivity index (χ3v) is 2.61. The largest absolute Gasteiger partial charge is 0.504 e. The molecule has 0 bridgehead atoms. The van der Waals surface area contributed by atoms with Crippen molar-refractivity contribution in [2.75, 3.05) is 18.0 Å². The van der Waals surface area contributed by atoms with E-state index in [1.807, 2.05) is 0 Å². The fourth-order valence-corrected chi connectivity index (χ4v) is 1.74. The highest BCUT2D eigenvalue weighted by Crippen LogP contribution is 2.25. The summed E-state index contributed by atoms with van der Waals surface area (Å²) in [6.45, 7) is 1.76. The molecular weight excluding hydrogens is 178 g/mol. The standard InChI is InChI=1S/C10H15N3O/c11-8-3-6-13(7-4-8)10-9(14)2-1-5-12-10/h1-2,5,8,14H,3-4,6-7,11H2. The van der Waals surface area contributed by atoms with Crippen LogP contribution < -0.4 is 10.6 Å². The molecule has 0 atom stereocenters. The molecular formula is C10H15N3O. The van der Waals surface area contributed by atoms with Crippen molar-refractivity contribution in [3.63, 3.8) is 0 Å². The van der Waals surface area contributed by atoms with Crippen LogP contribution in [0.25, 0.3) is 0 Å². The Morgan fingerprint density at radius 3 is 2.79 bits per heavy atom. The molecule has 1 saturated heterocycles. The predicted molar refractivity (Wildman–Crippen MR) is 55.3 cm³/mol. The van der Waals surface area contributed by atoms with Gasteiger partial charge in [-0.15, -0.1) is 0 Å². The topological polar surface area (TPSA) is 62.4 Å². The van der Waals surface area contributed by atoms with Gasteiger partial charge in [-0.1, -0.05) is 0 Å². The monoisotopic (exact) mass is 193 g/mol. The molecule has 0 spiro atoms. The second-order valence-corrected chi connectivity index (χ2v) is 3.67. The van der Waals surface area contributed by atoms with E-state index in [1.165, 1.54) is 0 Å². The fourth-order valence-electron chi connectivity index (χ4n) is 1.74. The first-order valence-corrected chi connectivity index (χ1v) is 4.92. The Kier molecular flexibility index (Phi) is 2.54. The number of nitrogens with two attached hydrogens (primary N) is 1. The third-order valence-electron chi connectivity index (χ3n) is 2.61. The molecule has 0 radical (unpaired) electrons. The van der Waals surface area contributed by atoms with E-state index < -0.39 is 0 Å². The van der Waals surface area contributed by atoms with Crippen LogP contribution in [0.1, 0.15) is 12.8 Å². The highest BCUT2D eigenvalue weighted by atomic mass is 16.3. The normalized spacial score (nSPS) is 18.5. The van der Waals surface area contributed by atoms with E-state index in [9.17, 15) is 5.11 Å². The lowest BCUT2D eigenvalue weighted by molar-refractivity contribution is 0.457. The maximum absolute atomic E-state index is 9.59. The Morgan fingerprint density at radius 2 is 2.14 bits per heavy atom. The van der Waals surface area contributed by atoms with Crippen LogP contribution in [-0.2, 0) is 0 Å². The highest BCUT2D eigenvalue weighted by molar-refractivity contribution is 5.51. The zero-order valence-electron chi connectivity index (χ0n) is 8.06. The molecule has 1 aliphatic heterocycles. The van der Waals surface area contributed by atoms with Crippen molar-refractivity contribution in [2.24, 2.45) is 5.73 Å². The number of nitrogens with zero attached hydrogens (tertiary/aromatic N) is 2. The van der Waals surface area contributed by atoms with Crippen molar-refractivity contribution >= 4 is 5.82 Å². The van der Waals surface area contributed by atoms with Crippen LogP contribution in [0, 0.1) is 0 Å². The second-order valence-electron chi connectivity index (χ2n) is 3.67. The average molecular weight is 193 g/mol. The molecule has 3 N–H and O–H groups in total. The first-order chi connectivity index (χ1) is 6.77. The van der Waals surface area contributed by atoms with Crippen LogP contribution >= 0.6 is 0 Å². The molecule has 2 rings (SSSR count). The zero-order valence-corrected chi connectivity index (χ0v) is 8.06. The molecule has 4 heteroatoms. The summed E-state index contributed by atoms with van der Waals surface area (Å²) in [7, 11) is 0. The summed E-state index contributed by atoms with van der Waals surface area (Å²) in [4.78, 5) is 6.24. The van der Waals surface area contributed by atoms with Gasteiger partial charge in [0.2, 0.25) is 0 Å². The molecule has 76 valence electrons. The Bertz CT molecular complexity index is 308. The predicted octanol–water partition coefficient (Wildman–Crippen LogP) is 0.715. The molecule has 2 heterocycles. The smallest absolute Gasteiger partial charge is 0.171 e. The lowest BCUT2D eigenvalue weighted by atomic mass is 10.1. The van der Waals surface area contributed by atoms with Gasteiger partial charge in [-0.2, -0.15) is 0 Å². The van der Waals surface area contributed by atoms with Crippen molar-refractivity contribution in [1.29, 1.82) is 0 Å². The Balaban J connectivity index is 2.12. The Hall–Kier alpha value is -1.29. The van der Waals surface area contributed by atoms with Crippen LogP contribution in [0.2, 0.25) is 0 Å². The van der Waals surface area contributed by atoms with E-state index in [1.54, 1.807) is 18.3 Å². The SMILES string of the molecule is NC1CCN(c2ncccc2O)CC1. The number of anilines is 1. The van der Waals surface area contributed by atoms with Gasteiger partial charge >= 0.3 is 0 Å². The molecule has 1 fully saturated rings. The van der Waals surface area contributed by atoms with Crippen LogP contribution in [0.15, 0.2) is 18.3 Å². The average Bonchev–Trinajstić information content (AvgIpc) is 2.20. The van der Waals surface area contributed by atoms with Gasteiger partial charge in [0, 0.05) is 25.3 Å². The molecule has 0 unspecified atom stereocenters. The van der Waals surface area contributed by atoms with Crippen LogP contribution in [0.4, 0.5) is 5.82 Å². The van der Waals surface area contributed by atoms with E-state index in [2.05, 4.69) is 9.88 Å². The van der Waals surface area contributed by atoms with E-state index in [0.29, 0.717) is 11.9 Å². The van der Waals surface area contributed by atoms with E-state index in [0.717, 1.165) is 25.9 Å². The van der Waals surface area contributed by atoms with Gasteiger partial charge in [0.15, 0.2) is 11.6 Å². The van der Waals surface area contributed by atoms with Crippen molar-refractivity contribution in [3.05, 3.63) is 18.3 Å². The molecule has 14 heavy (non-hydrogen) atoms. The van der Waals surface area contributed by atoms with Crippen molar-refractivity contribution in [2.45, 2.75) is 18.9 Å². The quantitative estimate of drug-likeness (QED) is 0.689. The summed E-state index contributed by atoms with van der Waals surface area (Å²) in [6.07, 6.45) is 3.63. The minimum Gasteiger partial charge on any atom is -0.504 e. The maximum atomic E-state index is 9.59. The number of hydrogen-bond donors (Lipinski definition) is 2. The van der Waals surface area contributed by atoms with E-state index in [4.69, 9.17) is 5.73 Å². The Labute approximate surface area is 83.4 Å². The summed E-state index contributed by atoms with van der Waals surface area (Å²) in [6, 6.07) is 3.70. The molecule has 0 aromatic carbocycles. The van der Waals surface area contributed by atoms with Gasteiger partial charge in [0.25, 0.3) is 0 Å². The van der Waals surface area contributed by atoms with Gasteiger partial charge in [-0.25, -0.2) is 4.98 Å². The number of pyridine rings is 1. The minimum absolute atomic E-state index is 0.253. The lowest BCUT2D eigenvalue weighted by Gasteiger charge is -2.31. The second kappa shape index (κ2) is 3.84. The van der Waals surface area contributed by atoms with Crippen molar-refractivity contribution in [1.82, 2.24) is 4.98 Å². The summed E-state index contributed by atoms with van der Waals surface area (Å²) >= 11 is 0. The number of piperidine rings is 1. The van der Waals surface area contributed by atoms with E-state index >= 15 is 0 Å². The van der Waals surface area contributed by atoms with Crippen LogP contribution in [-0.4, -0.2) is 29.2 Å². The van der Waals surface area contributed by atoms with Gasteiger partial charge in [0.1, 0.15) is 0 Å². The summed E-state index contributed by atoms with van der Waals surface area (Å²) in [5, 5.41) is 9.59. The lowest BCUT2D eigenvalue weighted by Crippen LogP contribution is -2.40. The first kappa shape index (κ1) is 9.27. The van der Waals surface area contributed by atoms with Crippen LogP contribution in [0.5, 0.6) is 5.75 Å². The van der Waals surface area contributed by atoms with Gasteiger partial charge in [-0.3, -0.25) is 0 Å². The molecule has 0 saturated carbocycles. The van der Waals surface area contributed by atoms with Crippen molar-refractivity contribution in [3.8, 4) is 5.75 Å². The summed E-state index contributed by atoms with van der Waals surface area (Å²) in [5.41, 5.74) is 5.80. The molecule has 1 aliphatic rings. The first-order valence-electron chi connectivity index (χ1n) is 4.92. The fraction of sp³-hybridized carbons (Fsp3) is 0.500. The minimum atomic E-state index is 0.253. The number of aromatic hydroxyl groups is 1. The number of hydrogen-bond acceptors (Lipinski definition) is 4. The number of rotatable bonds is 1. The zero-order chi connectivity index (χ0) is 9.97.